The fourth-order valence-corrected chi connectivity index (χ4v) is 3.45. The lowest BCUT2D eigenvalue weighted by atomic mass is 10.0. The van der Waals surface area contributed by atoms with E-state index in [1.807, 2.05) is 4.90 Å². The van der Waals surface area contributed by atoms with Gasteiger partial charge in [-0.3, -0.25) is 4.79 Å². The third-order valence-electron chi connectivity index (χ3n) is 4.55. The van der Waals surface area contributed by atoms with Crippen LogP contribution in [0.1, 0.15) is 10.4 Å². The summed E-state index contributed by atoms with van der Waals surface area (Å²) >= 11 is 0. The van der Waals surface area contributed by atoms with E-state index in [4.69, 9.17) is 4.74 Å². The molecule has 2 fully saturated rings. The van der Waals surface area contributed by atoms with Gasteiger partial charge in [0, 0.05) is 26.2 Å². The normalized spacial score (nSPS) is 24.5. The van der Waals surface area contributed by atoms with Crippen LogP contribution in [0, 0.1) is 11.8 Å². The number of benzene rings is 1. The number of fused-ring (bicyclic) bond motifs is 2. The number of amides is 1. The molecule has 7 nitrogen and oxygen atoms in total. The molecule has 1 amide bonds. The number of likely N-dealkylation sites (tertiary alicyclic amines) is 1. The van der Waals surface area contributed by atoms with Crippen molar-refractivity contribution in [1.29, 1.82) is 0 Å². The molecule has 7 heteroatoms. The summed E-state index contributed by atoms with van der Waals surface area (Å²) < 4.78 is 5.41. The molecule has 2 aliphatic rings. The van der Waals surface area contributed by atoms with Gasteiger partial charge >= 0.3 is 0 Å². The molecule has 2 saturated heterocycles. The Bertz CT molecular complexity index is 686. The van der Waals surface area contributed by atoms with E-state index < -0.39 is 0 Å². The quantitative estimate of drug-likeness (QED) is 0.828. The molecule has 4 rings (SSSR count). The monoisotopic (exact) mass is 287 g/mol. The van der Waals surface area contributed by atoms with Crippen molar-refractivity contribution in [1.82, 2.24) is 25.6 Å². The third kappa shape index (κ3) is 1.88. The largest absolute Gasteiger partial charge is 0.493 e. The van der Waals surface area contributed by atoms with Crippen molar-refractivity contribution < 1.29 is 9.53 Å². The van der Waals surface area contributed by atoms with Crippen molar-refractivity contribution in [2.24, 2.45) is 11.8 Å². The molecular weight excluding hydrogens is 270 g/mol. The number of nitrogens with zero attached hydrogens (tertiary/aromatic N) is 3. The number of rotatable bonds is 2. The van der Waals surface area contributed by atoms with Crippen LogP contribution in [0.3, 0.4) is 0 Å². The van der Waals surface area contributed by atoms with Crippen molar-refractivity contribution in [2.75, 3.05) is 33.3 Å². The molecule has 0 spiro atoms. The van der Waals surface area contributed by atoms with E-state index in [0.717, 1.165) is 26.2 Å². The van der Waals surface area contributed by atoms with Crippen molar-refractivity contribution >= 4 is 16.9 Å². The lowest BCUT2D eigenvalue weighted by Crippen LogP contribution is -2.32. The second-order valence-electron chi connectivity index (χ2n) is 5.73. The molecule has 0 radical (unpaired) electrons. The minimum absolute atomic E-state index is 0.0196. The number of aromatic amines is 1. The zero-order chi connectivity index (χ0) is 14.4. The van der Waals surface area contributed by atoms with Gasteiger partial charge in [0.25, 0.3) is 5.91 Å². The Balaban J connectivity index is 1.68. The standard InChI is InChI=1S/C14H17N5O2/c1-21-13-10(2-3-11-12(13)17-18-16-11)14(20)19-6-8-4-15-5-9(8)7-19/h2-3,8-9,15H,4-7H2,1H3,(H,16,17,18)/t8-,9-/m0/s1. The highest BCUT2D eigenvalue weighted by molar-refractivity contribution is 6.02. The number of methoxy groups -OCH3 is 1. The Morgan fingerprint density at radius 3 is 2.76 bits per heavy atom. The van der Waals surface area contributed by atoms with Crippen LogP contribution in [0.15, 0.2) is 12.1 Å². The minimum Gasteiger partial charge on any atom is -0.493 e. The average molecular weight is 287 g/mol. The zero-order valence-electron chi connectivity index (χ0n) is 11.8. The van der Waals surface area contributed by atoms with Gasteiger partial charge in [0.15, 0.2) is 11.3 Å². The van der Waals surface area contributed by atoms with Crippen LogP contribution in [0.2, 0.25) is 0 Å². The number of ether oxygens (including phenoxy) is 1. The number of H-pyrrole nitrogens is 1. The van der Waals surface area contributed by atoms with Crippen LogP contribution < -0.4 is 10.1 Å². The Morgan fingerprint density at radius 2 is 2.05 bits per heavy atom. The highest BCUT2D eigenvalue weighted by Crippen LogP contribution is 2.32. The first-order valence-corrected chi connectivity index (χ1v) is 7.15. The summed E-state index contributed by atoms with van der Waals surface area (Å²) in [6, 6.07) is 3.57. The van der Waals surface area contributed by atoms with Gasteiger partial charge in [-0.2, -0.15) is 15.4 Å². The van der Waals surface area contributed by atoms with E-state index in [1.165, 1.54) is 0 Å². The van der Waals surface area contributed by atoms with Gasteiger partial charge in [0.05, 0.1) is 12.7 Å². The summed E-state index contributed by atoms with van der Waals surface area (Å²) in [5, 5.41) is 14.0. The summed E-state index contributed by atoms with van der Waals surface area (Å²) in [6.07, 6.45) is 0. The third-order valence-corrected chi connectivity index (χ3v) is 4.55. The summed E-state index contributed by atoms with van der Waals surface area (Å²) in [6.45, 7) is 3.65. The molecule has 1 aromatic carbocycles. The highest BCUT2D eigenvalue weighted by Gasteiger charge is 2.39. The van der Waals surface area contributed by atoms with E-state index in [9.17, 15) is 4.79 Å². The summed E-state index contributed by atoms with van der Waals surface area (Å²) in [7, 11) is 1.56. The first-order chi connectivity index (χ1) is 10.3. The van der Waals surface area contributed by atoms with Crippen molar-refractivity contribution in [3.63, 3.8) is 0 Å². The maximum absolute atomic E-state index is 12.8. The van der Waals surface area contributed by atoms with E-state index in [1.54, 1.807) is 19.2 Å². The molecule has 1 aromatic heterocycles. The van der Waals surface area contributed by atoms with Crippen LogP contribution in [0.5, 0.6) is 5.75 Å². The van der Waals surface area contributed by atoms with Gasteiger partial charge in [-0.05, 0) is 24.0 Å². The summed E-state index contributed by atoms with van der Waals surface area (Å²) in [5.41, 5.74) is 1.86. The molecule has 2 N–H and O–H groups in total. The molecule has 2 aromatic rings. The van der Waals surface area contributed by atoms with Crippen LogP contribution in [-0.2, 0) is 0 Å². The first kappa shape index (κ1) is 12.6. The molecular formula is C14H17N5O2. The Hall–Kier alpha value is -2.15. The van der Waals surface area contributed by atoms with Gasteiger partial charge in [-0.1, -0.05) is 0 Å². The maximum Gasteiger partial charge on any atom is 0.257 e. The molecule has 21 heavy (non-hydrogen) atoms. The molecule has 2 atom stereocenters. The van der Waals surface area contributed by atoms with E-state index >= 15 is 0 Å². The zero-order valence-corrected chi connectivity index (χ0v) is 11.8. The molecule has 0 bridgehead atoms. The number of hydrogen-bond donors (Lipinski definition) is 2. The number of aromatic nitrogens is 3. The lowest BCUT2D eigenvalue weighted by Gasteiger charge is -2.19. The average Bonchev–Trinajstić information content (AvgIpc) is 3.19. The second-order valence-corrected chi connectivity index (χ2v) is 5.73. The van der Waals surface area contributed by atoms with Gasteiger partial charge in [-0.25, -0.2) is 0 Å². The molecule has 2 aliphatic heterocycles. The number of carbonyl (C=O) groups excluding carboxylic acids is 1. The predicted molar refractivity (Wildman–Crippen MR) is 76.2 cm³/mol. The lowest BCUT2D eigenvalue weighted by molar-refractivity contribution is 0.0778. The smallest absolute Gasteiger partial charge is 0.257 e. The van der Waals surface area contributed by atoms with Gasteiger partial charge < -0.3 is 15.0 Å². The van der Waals surface area contributed by atoms with Gasteiger partial charge in [0.1, 0.15) is 5.52 Å². The molecule has 110 valence electrons. The van der Waals surface area contributed by atoms with Crippen molar-refractivity contribution in [3.05, 3.63) is 17.7 Å². The Kier molecular flexibility index (Phi) is 2.81. The van der Waals surface area contributed by atoms with Crippen LogP contribution >= 0.6 is 0 Å². The number of nitrogens with one attached hydrogen (secondary N) is 2. The molecule has 0 unspecified atom stereocenters. The van der Waals surface area contributed by atoms with Crippen molar-refractivity contribution in [3.8, 4) is 5.75 Å². The fourth-order valence-electron chi connectivity index (χ4n) is 3.45. The van der Waals surface area contributed by atoms with Crippen LogP contribution in [0.25, 0.3) is 11.0 Å². The SMILES string of the molecule is COc1c(C(=O)N2C[C@@H]3CNC[C@H]3C2)ccc2n[nH]nc12. The van der Waals surface area contributed by atoms with Crippen molar-refractivity contribution in [2.45, 2.75) is 0 Å². The first-order valence-electron chi connectivity index (χ1n) is 7.15. The molecule has 3 heterocycles. The Labute approximate surface area is 121 Å². The Morgan fingerprint density at radius 1 is 1.29 bits per heavy atom. The summed E-state index contributed by atoms with van der Waals surface area (Å²) in [4.78, 5) is 14.7. The van der Waals surface area contributed by atoms with E-state index in [-0.39, 0.29) is 5.91 Å². The minimum atomic E-state index is 0.0196. The van der Waals surface area contributed by atoms with Crippen LogP contribution in [-0.4, -0.2) is 59.5 Å². The predicted octanol–water partition coefficient (Wildman–Crippen LogP) is 0.258. The van der Waals surface area contributed by atoms with E-state index in [2.05, 4.69) is 20.7 Å². The molecule has 0 saturated carbocycles. The fraction of sp³-hybridized carbons (Fsp3) is 0.500. The topological polar surface area (TPSA) is 83.1 Å². The number of carbonyl (C=O) groups is 1. The van der Waals surface area contributed by atoms with Gasteiger partial charge in [0.2, 0.25) is 0 Å². The van der Waals surface area contributed by atoms with E-state index in [0.29, 0.717) is 34.2 Å². The summed E-state index contributed by atoms with van der Waals surface area (Å²) in [5.74, 6) is 1.68. The van der Waals surface area contributed by atoms with Crippen LogP contribution in [0.4, 0.5) is 0 Å². The maximum atomic E-state index is 12.8. The molecule has 0 aliphatic carbocycles. The highest BCUT2D eigenvalue weighted by atomic mass is 16.5. The number of hydrogen-bond acceptors (Lipinski definition) is 5. The second kappa shape index (κ2) is 4.70. The van der Waals surface area contributed by atoms with Gasteiger partial charge in [-0.15, -0.1) is 0 Å².